The molecule has 0 saturated heterocycles. The van der Waals surface area contributed by atoms with Crippen LogP contribution in [0.15, 0.2) is 58.5 Å². The van der Waals surface area contributed by atoms with Crippen LogP contribution in [0.5, 0.6) is 0 Å². The molecular weight excluding hydrogens is 220 g/mol. The van der Waals surface area contributed by atoms with Crippen LogP contribution in [0.2, 0.25) is 0 Å². The Morgan fingerprint density at radius 2 is 1.06 bits per heavy atom. The van der Waals surface area contributed by atoms with Gasteiger partial charge in [-0.3, -0.25) is 9.98 Å². The highest BCUT2D eigenvalue weighted by atomic mass is 14.9. The maximum atomic E-state index is 4.62. The van der Waals surface area contributed by atoms with Crippen molar-refractivity contribution in [1.82, 2.24) is 0 Å². The topological polar surface area (TPSA) is 24.7 Å². The van der Waals surface area contributed by atoms with E-state index in [1.807, 2.05) is 12.4 Å². The molecule has 2 aliphatic rings. The van der Waals surface area contributed by atoms with Crippen molar-refractivity contribution in [3.8, 4) is 11.1 Å². The zero-order valence-electron chi connectivity index (χ0n) is 9.82. The van der Waals surface area contributed by atoms with E-state index in [1.165, 1.54) is 22.3 Å². The largest absolute Gasteiger partial charge is 0.281 e. The highest BCUT2D eigenvalue weighted by Gasteiger charge is 2.33. The molecule has 0 spiro atoms. The fourth-order valence-electron chi connectivity index (χ4n) is 2.93. The van der Waals surface area contributed by atoms with Crippen molar-refractivity contribution >= 4 is 12.4 Å². The summed E-state index contributed by atoms with van der Waals surface area (Å²) < 4.78 is 0. The summed E-state index contributed by atoms with van der Waals surface area (Å²) in [5.74, 6) is 0. The first-order chi connectivity index (χ1) is 8.95. The summed E-state index contributed by atoms with van der Waals surface area (Å²) in [5, 5.41) is 0. The van der Waals surface area contributed by atoms with Crippen molar-refractivity contribution in [2.45, 2.75) is 12.1 Å². The third-order valence-corrected chi connectivity index (χ3v) is 3.71. The smallest absolute Gasteiger partial charge is 0.102 e. The summed E-state index contributed by atoms with van der Waals surface area (Å²) in [5.41, 5.74) is 5.16. The zero-order chi connectivity index (χ0) is 11.9. The van der Waals surface area contributed by atoms with Crippen molar-refractivity contribution in [3.05, 3.63) is 59.7 Å². The molecule has 2 nitrogen and oxygen atoms in total. The van der Waals surface area contributed by atoms with Crippen LogP contribution in [0.3, 0.4) is 0 Å². The minimum absolute atomic E-state index is 0.140. The highest BCUT2D eigenvalue weighted by Crippen LogP contribution is 2.48. The summed E-state index contributed by atoms with van der Waals surface area (Å²) in [6, 6.07) is 17.3. The van der Waals surface area contributed by atoms with Gasteiger partial charge in [-0.1, -0.05) is 48.5 Å². The molecule has 0 N–H and O–H groups in total. The number of fused-ring (bicyclic) bond motifs is 6. The molecule has 86 valence electrons. The van der Waals surface area contributed by atoms with Crippen LogP contribution in [0.25, 0.3) is 11.1 Å². The monoisotopic (exact) mass is 232 g/mol. The lowest BCUT2D eigenvalue weighted by atomic mass is 9.79. The first kappa shape index (κ1) is 9.77. The Morgan fingerprint density at radius 1 is 0.611 bits per heavy atom. The quantitative estimate of drug-likeness (QED) is 0.663. The first-order valence-electron chi connectivity index (χ1n) is 6.18. The molecule has 2 unspecified atom stereocenters. The summed E-state index contributed by atoms with van der Waals surface area (Å²) >= 11 is 0. The lowest BCUT2D eigenvalue weighted by molar-refractivity contribution is 0.572. The van der Waals surface area contributed by atoms with E-state index in [9.17, 15) is 0 Å². The van der Waals surface area contributed by atoms with Crippen molar-refractivity contribution in [1.29, 1.82) is 0 Å². The van der Waals surface area contributed by atoms with E-state index >= 15 is 0 Å². The van der Waals surface area contributed by atoms with Crippen molar-refractivity contribution in [3.63, 3.8) is 0 Å². The van der Waals surface area contributed by atoms with E-state index in [0.29, 0.717) is 0 Å². The number of rotatable bonds is 0. The Labute approximate surface area is 106 Å². The van der Waals surface area contributed by atoms with Gasteiger partial charge in [-0.05, 0) is 22.3 Å². The Bertz CT molecular complexity index is 611. The van der Waals surface area contributed by atoms with Gasteiger partial charge < -0.3 is 0 Å². The average molecular weight is 232 g/mol. The van der Waals surface area contributed by atoms with Crippen LogP contribution in [-0.2, 0) is 0 Å². The number of benzene rings is 2. The molecule has 1 aliphatic heterocycles. The molecule has 0 fully saturated rings. The van der Waals surface area contributed by atoms with Crippen LogP contribution in [-0.4, -0.2) is 12.4 Å². The molecule has 2 aromatic rings. The molecule has 2 heteroatoms. The summed E-state index contributed by atoms with van der Waals surface area (Å²) in [7, 11) is 0. The Kier molecular flexibility index (Phi) is 1.97. The molecule has 4 rings (SSSR count). The van der Waals surface area contributed by atoms with Gasteiger partial charge >= 0.3 is 0 Å². The molecule has 1 heterocycles. The second-order valence-corrected chi connectivity index (χ2v) is 4.66. The van der Waals surface area contributed by atoms with E-state index in [1.54, 1.807) is 0 Å². The highest BCUT2D eigenvalue weighted by molar-refractivity contribution is 6.16. The Balaban J connectivity index is 2.06. The molecule has 18 heavy (non-hydrogen) atoms. The predicted molar refractivity (Wildman–Crippen MR) is 74.3 cm³/mol. The molecule has 0 radical (unpaired) electrons. The van der Waals surface area contributed by atoms with Crippen LogP contribution in [0.4, 0.5) is 0 Å². The third kappa shape index (κ3) is 1.23. The number of nitrogens with zero attached hydrogens (tertiary/aromatic N) is 2. The molecule has 0 amide bonds. The van der Waals surface area contributed by atoms with Gasteiger partial charge in [-0.2, -0.15) is 0 Å². The van der Waals surface area contributed by atoms with Crippen molar-refractivity contribution < 1.29 is 0 Å². The van der Waals surface area contributed by atoms with E-state index in [4.69, 9.17) is 0 Å². The molecule has 0 saturated carbocycles. The zero-order valence-corrected chi connectivity index (χ0v) is 9.82. The molecule has 1 aliphatic carbocycles. The van der Waals surface area contributed by atoms with E-state index < -0.39 is 0 Å². The SMILES string of the molecule is C1=NC2c3ccccc3-c3ccccc3C2N=C1. The van der Waals surface area contributed by atoms with Crippen LogP contribution in [0.1, 0.15) is 23.2 Å². The van der Waals surface area contributed by atoms with E-state index in [-0.39, 0.29) is 12.1 Å². The summed E-state index contributed by atoms with van der Waals surface area (Å²) in [4.78, 5) is 9.23. The minimum atomic E-state index is 0.140. The Hall–Kier alpha value is -2.22. The standard InChI is InChI=1S/C16H12N2/c1-3-7-13-11(5-1)12-6-2-4-8-14(12)16-15(13)17-9-10-18-16/h1-10,15-16H. The number of hydrogen-bond donors (Lipinski definition) is 0. The van der Waals surface area contributed by atoms with Gasteiger partial charge in [0.15, 0.2) is 0 Å². The first-order valence-corrected chi connectivity index (χ1v) is 6.18. The molecule has 0 aromatic heterocycles. The van der Waals surface area contributed by atoms with E-state index in [2.05, 4.69) is 58.5 Å². The summed E-state index contributed by atoms with van der Waals surface area (Å²) in [6.45, 7) is 0. The van der Waals surface area contributed by atoms with Gasteiger partial charge in [0.2, 0.25) is 0 Å². The second kappa shape index (κ2) is 3.64. The lowest BCUT2D eigenvalue weighted by Crippen LogP contribution is -2.17. The molecule has 2 atom stereocenters. The van der Waals surface area contributed by atoms with E-state index in [0.717, 1.165) is 0 Å². The molecule has 2 aromatic carbocycles. The lowest BCUT2D eigenvalue weighted by Gasteiger charge is -2.32. The van der Waals surface area contributed by atoms with Gasteiger partial charge in [-0.25, -0.2) is 0 Å². The molecular formula is C16H12N2. The minimum Gasteiger partial charge on any atom is -0.281 e. The van der Waals surface area contributed by atoms with Gasteiger partial charge in [-0.15, -0.1) is 0 Å². The maximum absolute atomic E-state index is 4.62. The maximum Gasteiger partial charge on any atom is 0.102 e. The fourth-order valence-corrected chi connectivity index (χ4v) is 2.93. The van der Waals surface area contributed by atoms with Crippen LogP contribution < -0.4 is 0 Å². The Morgan fingerprint density at radius 3 is 1.56 bits per heavy atom. The average Bonchev–Trinajstić information content (AvgIpc) is 2.48. The molecule has 0 bridgehead atoms. The number of hydrogen-bond acceptors (Lipinski definition) is 2. The summed E-state index contributed by atoms with van der Waals surface area (Å²) in [6.07, 6.45) is 3.62. The van der Waals surface area contributed by atoms with Gasteiger partial charge in [0.05, 0.1) is 0 Å². The van der Waals surface area contributed by atoms with Gasteiger partial charge in [0, 0.05) is 12.4 Å². The second-order valence-electron chi connectivity index (χ2n) is 4.66. The fraction of sp³-hybridized carbons (Fsp3) is 0.125. The van der Waals surface area contributed by atoms with Crippen molar-refractivity contribution in [2.75, 3.05) is 0 Å². The van der Waals surface area contributed by atoms with Crippen molar-refractivity contribution in [2.24, 2.45) is 9.98 Å². The van der Waals surface area contributed by atoms with Gasteiger partial charge in [0.25, 0.3) is 0 Å². The van der Waals surface area contributed by atoms with Crippen LogP contribution >= 0.6 is 0 Å². The normalized spacial score (nSPS) is 23.1. The third-order valence-electron chi connectivity index (χ3n) is 3.71. The number of aliphatic imine (C=N–C) groups is 2. The van der Waals surface area contributed by atoms with Crippen LogP contribution in [0, 0.1) is 0 Å². The van der Waals surface area contributed by atoms with Gasteiger partial charge in [0.1, 0.15) is 12.1 Å². The predicted octanol–water partition coefficient (Wildman–Crippen LogP) is 3.60.